The molecular weight excluding hydrogens is 220 g/mol. The molecule has 0 radical (unpaired) electrons. The van der Waals surface area contributed by atoms with Gasteiger partial charge in [0.25, 0.3) is 0 Å². The molecule has 18 heavy (non-hydrogen) atoms. The summed E-state index contributed by atoms with van der Waals surface area (Å²) in [6, 6.07) is 6.40. The lowest BCUT2D eigenvalue weighted by Crippen LogP contribution is -2.36. The van der Waals surface area contributed by atoms with Gasteiger partial charge in [-0.2, -0.15) is 0 Å². The number of hydrogen-bond acceptors (Lipinski definition) is 2. The van der Waals surface area contributed by atoms with E-state index in [1.807, 2.05) is 6.07 Å². The Labute approximate surface area is 110 Å². The molecule has 0 aromatic heterocycles. The predicted octanol–water partition coefficient (Wildman–Crippen LogP) is 3.50. The Bertz CT molecular complexity index is 500. The van der Waals surface area contributed by atoms with Crippen molar-refractivity contribution in [1.82, 2.24) is 0 Å². The van der Waals surface area contributed by atoms with Crippen LogP contribution >= 0.6 is 0 Å². The molecule has 0 saturated heterocycles. The Hall–Kier alpha value is -1.44. The van der Waals surface area contributed by atoms with E-state index in [4.69, 9.17) is 11.5 Å². The fourth-order valence-corrected chi connectivity index (χ4v) is 3.03. The van der Waals surface area contributed by atoms with Crippen molar-refractivity contribution in [1.29, 1.82) is 0 Å². The molecule has 0 spiro atoms. The first-order valence-corrected chi connectivity index (χ1v) is 6.57. The first-order valence-electron chi connectivity index (χ1n) is 6.57. The van der Waals surface area contributed by atoms with Crippen LogP contribution in [-0.2, 0) is 5.41 Å². The molecule has 1 atom stereocenters. The van der Waals surface area contributed by atoms with Gasteiger partial charge < -0.3 is 11.5 Å². The van der Waals surface area contributed by atoms with Crippen molar-refractivity contribution in [3.05, 3.63) is 41.1 Å². The van der Waals surface area contributed by atoms with E-state index in [0.717, 1.165) is 29.8 Å². The maximum atomic E-state index is 6.11. The highest BCUT2D eigenvalue weighted by Gasteiger charge is 2.38. The van der Waals surface area contributed by atoms with Crippen LogP contribution in [0.25, 0.3) is 0 Å². The van der Waals surface area contributed by atoms with Crippen LogP contribution in [0.5, 0.6) is 0 Å². The van der Waals surface area contributed by atoms with E-state index in [-0.39, 0.29) is 10.8 Å². The number of aryl methyl sites for hydroxylation is 1. The fraction of sp³-hybridized carbons (Fsp3) is 0.500. The molecule has 0 fully saturated rings. The Kier molecular flexibility index (Phi) is 2.92. The van der Waals surface area contributed by atoms with Crippen LogP contribution in [0.15, 0.2) is 30.0 Å². The van der Waals surface area contributed by atoms with Crippen LogP contribution in [0.2, 0.25) is 0 Å². The van der Waals surface area contributed by atoms with E-state index >= 15 is 0 Å². The second kappa shape index (κ2) is 4.04. The van der Waals surface area contributed by atoms with E-state index in [1.165, 1.54) is 5.56 Å². The molecule has 1 aliphatic rings. The van der Waals surface area contributed by atoms with E-state index in [0.29, 0.717) is 0 Å². The number of anilines is 1. The number of hydrogen-bond donors (Lipinski definition) is 2. The Morgan fingerprint density at radius 2 is 1.78 bits per heavy atom. The van der Waals surface area contributed by atoms with Crippen molar-refractivity contribution in [2.24, 2.45) is 11.1 Å². The highest BCUT2D eigenvalue weighted by Crippen LogP contribution is 2.46. The van der Waals surface area contributed by atoms with Crippen LogP contribution in [0.4, 0.5) is 5.69 Å². The fourth-order valence-electron chi connectivity index (χ4n) is 3.03. The van der Waals surface area contributed by atoms with Gasteiger partial charge in [0.15, 0.2) is 0 Å². The highest BCUT2D eigenvalue weighted by molar-refractivity contribution is 5.49. The topological polar surface area (TPSA) is 52.0 Å². The van der Waals surface area contributed by atoms with Crippen LogP contribution in [0, 0.1) is 12.3 Å². The summed E-state index contributed by atoms with van der Waals surface area (Å²) in [7, 11) is 0. The molecule has 0 heterocycles. The molecule has 0 aliphatic heterocycles. The molecule has 2 nitrogen and oxygen atoms in total. The minimum Gasteiger partial charge on any atom is -0.402 e. The Balaban J connectivity index is 2.41. The lowest BCUT2D eigenvalue weighted by Gasteiger charge is -2.42. The smallest absolute Gasteiger partial charge is 0.0343 e. The number of nitrogens with two attached hydrogens (primary N) is 2. The van der Waals surface area contributed by atoms with Gasteiger partial charge in [-0.3, -0.25) is 0 Å². The van der Waals surface area contributed by atoms with Gasteiger partial charge in [0.05, 0.1) is 0 Å². The molecule has 2 rings (SSSR count). The summed E-state index contributed by atoms with van der Waals surface area (Å²) >= 11 is 0. The molecule has 1 aromatic carbocycles. The van der Waals surface area contributed by atoms with Crippen molar-refractivity contribution < 1.29 is 0 Å². The molecule has 1 unspecified atom stereocenters. The maximum Gasteiger partial charge on any atom is 0.0343 e. The monoisotopic (exact) mass is 244 g/mol. The minimum absolute atomic E-state index is 0.0717. The molecule has 4 N–H and O–H groups in total. The summed E-state index contributed by atoms with van der Waals surface area (Å²) in [4.78, 5) is 0. The van der Waals surface area contributed by atoms with Crippen molar-refractivity contribution in [2.45, 2.75) is 46.0 Å². The highest BCUT2D eigenvalue weighted by atomic mass is 14.6. The largest absolute Gasteiger partial charge is 0.402 e. The third kappa shape index (κ3) is 2.12. The van der Waals surface area contributed by atoms with Gasteiger partial charge in [-0.15, -0.1) is 0 Å². The molecule has 0 amide bonds. The molecular formula is C16H24N2. The van der Waals surface area contributed by atoms with Crippen molar-refractivity contribution in [3.8, 4) is 0 Å². The summed E-state index contributed by atoms with van der Waals surface area (Å²) in [6.07, 6.45) is 4.27. The summed E-state index contributed by atoms with van der Waals surface area (Å²) in [5, 5.41) is 0. The average Bonchev–Trinajstić information content (AvgIpc) is 2.27. The maximum absolute atomic E-state index is 6.11. The summed E-state index contributed by atoms with van der Waals surface area (Å²) in [5.74, 6) is 0. The van der Waals surface area contributed by atoms with E-state index in [1.54, 1.807) is 0 Å². The Morgan fingerprint density at radius 1 is 1.11 bits per heavy atom. The summed E-state index contributed by atoms with van der Waals surface area (Å²) < 4.78 is 0. The normalized spacial score (nSPS) is 26.8. The Morgan fingerprint density at radius 3 is 2.33 bits per heavy atom. The first kappa shape index (κ1) is 13.0. The van der Waals surface area contributed by atoms with Crippen LogP contribution < -0.4 is 11.5 Å². The lowest BCUT2D eigenvalue weighted by atomic mass is 9.63. The van der Waals surface area contributed by atoms with Crippen LogP contribution in [0.3, 0.4) is 0 Å². The zero-order chi connectivity index (χ0) is 13.6. The van der Waals surface area contributed by atoms with Gasteiger partial charge in [-0.1, -0.05) is 39.0 Å². The molecule has 98 valence electrons. The van der Waals surface area contributed by atoms with Crippen molar-refractivity contribution in [3.63, 3.8) is 0 Å². The molecule has 1 aliphatic carbocycles. The number of allylic oxidation sites excluding steroid dienone is 2. The van der Waals surface area contributed by atoms with Crippen molar-refractivity contribution >= 4 is 5.69 Å². The number of rotatable bonds is 1. The zero-order valence-electron chi connectivity index (χ0n) is 11.9. The number of nitrogen functional groups attached to an aromatic ring is 1. The van der Waals surface area contributed by atoms with Gasteiger partial charge in [-0.05, 0) is 42.4 Å². The SMILES string of the molecule is Cc1cc(C2(C)CC=C(N)C(C)(C)C2)ccc1N. The van der Waals surface area contributed by atoms with Crippen LogP contribution in [0.1, 0.15) is 44.7 Å². The van der Waals surface area contributed by atoms with E-state index in [2.05, 4.69) is 45.9 Å². The standard InChI is InChI=1S/C16H24N2/c1-11-9-12(5-6-13(11)17)16(4)8-7-14(18)15(2,3)10-16/h5-7,9H,8,10,17-18H2,1-4H3. The zero-order valence-corrected chi connectivity index (χ0v) is 11.9. The van der Waals surface area contributed by atoms with Gasteiger partial charge in [0.2, 0.25) is 0 Å². The molecule has 0 bridgehead atoms. The lowest BCUT2D eigenvalue weighted by molar-refractivity contribution is 0.263. The van der Waals surface area contributed by atoms with Gasteiger partial charge in [-0.25, -0.2) is 0 Å². The van der Waals surface area contributed by atoms with E-state index in [9.17, 15) is 0 Å². The van der Waals surface area contributed by atoms with Gasteiger partial charge in [0.1, 0.15) is 0 Å². The average molecular weight is 244 g/mol. The molecule has 0 saturated carbocycles. The van der Waals surface area contributed by atoms with E-state index < -0.39 is 0 Å². The van der Waals surface area contributed by atoms with Gasteiger partial charge in [0, 0.05) is 16.8 Å². The third-order valence-corrected chi connectivity index (χ3v) is 4.35. The van der Waals surface area contributed by atoms with Crippen LogP contribution in [-0.4, -0.2) is 0 Å². The first-order chi connectivity index (χ1) is 8.24. The predicted molar refractivity (Wildman–Crippen MR) is 78.2 cm³/mol. The van der Waals surface area contributed by atoms with Gasteiger partial charge >= 0.3 is 0 Å². The third-order valence-electron chi connectivity index (χ3n) is 4.35. The second-order valence-corrected chi connectivity index (χ2v) is 6.56. The summed E-state index contributed by atoms with van der Waals surface area (Å²) in [5.41, 5.74) is 16.7. The minimum atomic E-state index is 0.0717. The molecule has 1 aromatic rings. The summed E-state index contributed by atoms with van der Waals surface area (Å²) in [6.45, 7) is 8.84. The number of benzene rings is 1. The quantitative estimate of drug-likeness (QED) is 0.743. The molecule has 2 heteroatoms. The van der Waals surface area contributed by atoms with Crippen molar-refractivity contribution in [2.75, 3.05) is 5.73 Å². The second-order valence-electron chi connectivity index (χ2n) is 6.56.